The summed E-state index contributed by atoms with van der Waals surface area (Å²) in [7, 11) is -1.04. The van der Waals surface area contributed by atoms with Crippen LogP contribution in [0.3, 0.4) is 0 Å². The summed E-state index contributed by atoms with van der Waals surface area (Å²) in [5.41, 5.74) is 2.30. The van der Waals surface area contributed by atoms with E-state index < -0.39 is 36.6 Å². The number of aromatic nitrogens is 2. The van der Waals surface area contributed by atoms with Crippen LogP contribution in [0.5, 0.6) is 0 Å². The Morgan fingerprint density at radius 3 is 2.03 bits per heavy atom. The van der Waals surface area contributed by atoms with E-state index in [0.717, 1.165) is 59.7 Å². The lowest BCUT2D eigenvalue weighted by Crippen LogP contribution is -2.41. The van der Waals surface area contributed by atoms with Gasteiger partial charge in [0.05, 0.1) is 34.1 Å². The van der Waals surface area contributed by atoms with E-state index in [2.05, 4.69) is 80.5 Å². The first-order chi connectivity index (χ1) is 17.3. The van der Waals surface area contributed by atoms with Crippen molar-refractivity contribution >= 4 is 30.6 Å². The number of hydrogen-bond acceptors (Lipinski definition) is 6. The third-order valence-corrected chi connectivity index (χ3v) is 9.09. The van der Waals surface area contributed by atoms with Crippen molar-refractivity contribution in [2.45, 2.75) is 117 Å². The lowest BCUT2D eigenvalue weighted by atomic mass is 9.61. The molecule has 3 aliphatic rings. The lowest BCUT2D eigenvalue weighted by Gasteiger charge is -2.32. The molecule has 1 aromatic heterocycles. The molecule has 1 aromatic carbocycles. The fraction of sp³-hybridized carbons (Fsp3) is 0.679. The molecule has 0 N–H and O–H groups in total. The minimum Gasteiger partial charge on any atom is -0.400 e. The number of nitrogens with zero attached hydrogens (tertiary/aromatic N) is 2. The third-order valence-electron chi connectivity index (χ3n) is 9.09. The zero-order valence-corrected chi connectivity index (χ0v) is 24.0. The molecule has 4 heterocycles. The van der Waals surface area contributed by atoms with Gasteiger partial charge in [0.15, 0.2) is 6.23 Å². The maximum atomic E-state index is 6.61. The number of hydrogen-bond donors (Lipinski definition) is 0. The monoisotopic (exact) mass is 508 g/mol. The first-order valence-corrected chi connectivity index (χ1v) is 13.8. The average Bonchev–Trinajstić information content (AvgIpc) is 3.40. The van der Waals surface area contributed by atoms with Gasteiger partial charge in [-0.2, -0.15) is 5.10 Å². The topological polar surface area (TPSA) is 64.0 Å². The van der Waals surface area contributed by atoms with Gasteiger partial charge >= 0.3 is 14.2 Å². The van der Waals surface area contributed by atoms with Crippen LogP contribution in [-0.4, -0.2) is 53.0 Å². The Bertz CT molecular complexity index is 1160. The van der Waals surface area contributed by atoms with E-state index in [1.54, 1.807) is 0 Å². The molecule has 0 saturated carbocycles. The predicted octanol–water partition coefficient (Wildman–Crippen LogP) is 6.16. The molecule has 0 radical (unpaired) electrons. The van der Waals surface area contributed by atoms with Gasteiger partial charge in [0.2, 0.25) is 0 Å². The average molecular weight is 508 g/mol. The predicted molar refractivity (Wildman–Crippen MR) is 148 cm³/mol. The van der Waals surface area contributed by atoms with Gasteiger partial charge in [0, 0.05) is 12.0 Å². The van der Waals surface area contributed by atoms with Gasteiger partial charge in [0.1, 0.15) is 0 Å². The Hall–Kier alpha value is -1.64. The second kappa shape index (κ2) is 9.23. The normalized spacial score (nSPS) is 27.1. The summed E-state index contributed by atoms with van der Waals surface area (Å²) in [5, 5.41) is 5.77. The molecule has 5 rings (SSSR count). The summed E-state index contributed by atoms with van der Waals surface area (Å²) in [6, 6.07) is 6.46. The summed E-state index contributed by atoms with van der Waals surface area (Å²) < 4.78 is 34.3. The van der Waals surface area contributed by atoms with Crippen LogP contribution in [-0.2, 0) is 23.4 Å². The minimum atomic E-state index is -0.548. The molecule has 200 valence electrons. The van der Waals surface area contributed by atoms with Crippen LogP contribution in [0.15, 0.2) is 29.9 Å². The van der Waals surface area contributed by atoms with Crippen LogP contribution in [0.25, 0.3) is 16.4 Å². The molecular formula is C28H42B2N2O5. The summed E-state index contributed by atoms with van der Waals surface area (Å²) in [6.07, 6.45) is 5.92. The van der Waals surface area contributed by atoms with E-state index in [-0.39, 0.29) is 6.23 Å². The first-order valence-electron chi connectivity index (χ1n) is 13.8. The highest BCUT2D eigenvalue weighted by atomic mass is 16.7. The van der Waals surface area contributed by atoms with E-state index in [4.69, 9.17) is 28.5 Å². The highest BCUT2D eigenvalue weighted by Crippen LogP contribution is 2.45. The van der Waals surface area contributed by atoms with Crippen molar-refractivity contribution in [2.75, 3.05) is 6.61 Å². The van der Waals surface area contributed by atoms with Gasteiger partial charge in [-0.3, -0.25) is 0 Å². The number of rotatable bonds is 5. The van der Waals surface area contributed by atoms with Gasteiger partial charge in [-0.25, -0.2) is 4.68 Å². The molecule has 0 spiro atoms. The highest BCUT2D eigenvalue weighted by molar-refractivity contribution is 6.74. The molecule has 3 saturated heterocycles. The third kappa shape index (κ3) is 4.61. The number of ether oxygens (including phenoxy) is 1. The van der Waals surface area contributed by atoms with Gasteiger partial charge in [-0.05, 0) is 110 Å². The van der Waals surface area contributed by atoms with E-state index in [9.17, 15) is 0 Å². The van der Waals surface area contributed by atoms with Gasteiger partial charge < -0.3 is 23.4 Å². The van der Waals surface area contributed by atoms with E-state index in [1.165, 1.54) is 0 Å². The largest absolute Gasteiger partial charge is 0.494 e. The maximum absolute atomic E-state index is 6.61. The smallest absolute Gasteiger partial charge is 0.400 e. The summed E-state index contributed by atoms with van der Waals surface area (Å²) >= 11 is 0. The van der Waals surface area contributed by atoms with E-state index in [0.29, 0.717) is 0 Å². The zero-order chi connectivity index (χ0) is 26.8. The highest BCUT2D eigenvalue weighted by Gasteiger charge is 2.56. The van der Waals surface area contributed by atoms with Crippen molar-refractivity contribution in [3.05, 3.63) is 35.4 Å². The van der Waals surface area contributed by atoms with Crippen molar-refractivity contribution in [2.24, 2.45) is 0 Å². The SMILES string of the molecule is CC/C(B1OC(C)(C)C(C)(C)O1)=C(/B1OC(C)(C)C(C)(C)O1)c1ccc2c(cnn2C2CCCCO2)c1. The summed E-state index contributed by atoms with van der Waals surface area (Å²) in [6.45, 7) is 19.6. The lowest BCUT2D eigenvalue weighted by molar-refractivity contribution is -0.0366. The Morgan fingerprint density at radius 2 is 1.49 bits per heavy atom. The Morgan fingerprint density at radius 1 is 0.892 bits per heavy atom. The molecule has 3 aliphatic heterocycles. The summed E-state index contributed by atoms with van der Waals surface area (Å²) in [4.78, 5) is 0. The van der Waals surface area contributed by atoms with Crippen LogP contribution < -0.4 is 0 Å². The van der Waals surface area contributed by atoms with Crippen LogP contribution >= 0.6 is 0 Å². The van der Waals surface area contributed by atoms with Gasteiger partial charge in [-0.15, -0.1) is 0 Å². The minimum absolute atomic E-state index is 0.00818. The molecule has 7 nitrogen and oxygen atoms in total. The molecular weight excluding hydrogens is 466 g/mol. The maximum Gasteiger partial charge on any atom is 0.494 e. The van der Waals surface area contributed by atoms with Gasteiger partial charge in [-0.1, -0.05) is 13.0 Å². The van der Waals surface area contributed by atoms with Crippen molar-refractivity contribution in [1.29, 1.82) is 0 Å². The second-order valence-electron chi connectivity index (χ2n) is 12.7. The molecule has 0 amide bonds. The standard InChI is InChI=1S/C28H42B2N2O5/c1-10-21(29-34-25(2,3)26(4,5)35-29)24(30-36-27(6,7)28(8,9)37-30)19-14-15-22-20(17-19)18-31-32(22)23-13-11-12-16-33-23/h14-15,17-18,23H,10-13,16H2,1-9H3/b24-21-. The molecule has 9 heteroatoms. The quantitative estimate of drug-likeness (QED) is 0.451. The number of benzene rings is 1. The molecule has 0 aliphatic carbocycles. The van der Waals surface area contributed by atoms with E-state index >= 15 is 0 Å². The first kappa shape index (κ1) is 26.9. The van der Waals surface area contributed by atoms with Gasteiger partial charge in [0.25, 0.3) is 0 Å². The molecule has 1 atom stereocenters. The van der Waals surface area contributed by atoms with Crippen LogP contribution in [0.4, 0.5) is 0 Å². The fourth-order valence-electron chi connectivity index (χ4n) is 5.27. The fourth-order valence-corrected chi connectivity index (χ4v) is 5.27. The second-order valence-corrected chi connectivity index (χ2v) is 12.7. The number of allylic oxidation sites excluding steroid dienone is 1. The summed E-state index contributed by atoms with van der Waals surface area (Å²) in [5.74, 6) is 0. The van der Waals surface area contributed by atoms with Crippen LogP contribution in [0.1, 0.15) is 99.8 Å². The Labute approximate surface area is 222 Å². The van der Waals surface area contributed by atoms with E-state index in [1.807, 2.05) is 10.9 Å². The van der Waals surface area contributed by atoms with Crippen molar-refractivity contribution in [1.82, 2.24) is 9.78 Å². The Balaban J connectivity index is 1.61. The molecule has 0 bridgehead atoms. The Kier molecular flexibility index (Phi) is 6.72. The molecule has 3 fully saturated rings. The molecule has 37 heavy (non-hydrogen) atoms. The van der Waals surface area contributed by atoms with Crippen molar-refractivity contribution < 1.29 is 23.4 Å². The molecule has 1 unspecified atom stereocenters. The zero-order valence-electron chi connectivity index (χ0n) is 24.0. The van der Waals surface area contributed by atoms with Crippen LogP contribution in [0.2, 0.25) is 0 Å². The van der Waals surface area contributed by atoms with Crippen molar-refractivity contribution in [3.8, 4) is 0 Å². The van der Waals surface area contributed by atoms with Crippen LogP contribution in [0, 0.1) is 0 Å². The molecule has 2 aromatic rings. The number of fused-ring (bicyclic) bond motifs is 1. The van der Waals surface area contributed by atoms with Crippen molar-refractivity contribution in [3.63, 3.8) is 0 Å².